The van der Waals surface area contributed by atoms with Crippen LogP contribution in [0.5, 0.6) is 0 Å². The molecule has 7 nitrogen and oxygen atoms in total. The van der Waals surface area contributed by atoms with E-state index in [2.05, 4.69) is 55.7 Å². The molecule has 0 aliphatic carbocycles. The molecule has 0 bridgehead atoms. The summed E-state index contributed by atoms with van der Waals surface area (Å²) < 4.78 is 0. The van der Waals surface area contributed by atoms with Crippen LogP contribution in [0.2, 0.25) is 0 Å². The molecule has 1 amide bonds. The largest absolute Gasteiger partial charge is 0.348 e. The Morgan fingerprint density at radius 3 is 2.66 bits per heavy atom. The highest BCUT2D eigenvalue weighted by molar-refractivity contribution is 5.93. The maximum Gasteiger partial charge on any atom is 0.261 e. The van der Waals surface area contributed by atoms with Gasteiger partial charge in [-0.25, -0.2) is 0 Å². The fourth-order valence-electron chi connectivity index (χ4n) is 4.50. The highest BCUT2D eigenvalue weighted by Crippen LogP contribution is 2.28. The van der Waals surface area contributed by atoms with Gasteiger partial charge in [0.25, 0.3) is 11.5 Å². The molecule has 0 radical (unpaired) electrons. The molecule has 168 valence electrons. The van der Waals surface area contributed by atoms with Gasteiger partial charge in [0.1, 0.15) is 5.56 Å². The van der Waals surface area contributed by atoms with Crippen LogP contribution in [0.4, 0.5) is 0 Å². The van der Waals surface area contributed by atoms with Gasteiger partial charge >= 0.3 is 0 Å². The predicted octanol–water partition coefficient (Wildman–Crippen LogP) is 3.41. The Hall–Kier alpha value is -3.19. The van der Waals surface area contributed by atoms with E-state index in [1.165, 1.54) is 12.0 Å². The van der Waals surface area contributed by atoms with Gasteiger partial charge in [0.15, 0.2) is 0 Å². The molecule has 1 atom stereocenters. The minimum Gasteiger partial charge on any atom is -0.348 e. The molecule has 2 aromatic heterocycles. The summed E-state index contributed by atoms with van der Waals surface area (Å²) in [6.07, 6.45) is 3.43. The highest BCUT2D eigenvalue weighted by Gasteiger charge is 2.19. The lowest BCUT2D eigenvalue weighted by Gasteiger charge is -2.20. The maximum atomic E-state index is 12.6. The highest BCUT2D eigenvalue weighted by atomic mass is 16.2. The molecule has 1 fully saturated rings. The van der Waals surface area contributed by atoms with Crippen molar-refractivity contribution in [3.8, 4) is 0 Å². The first-order valence-electron chi connectivity index (χ1n) is 11.3. The van der Waals surface area contributed by atoms with Gasteiger partial charge in [-0.3, -0.25) is 19.6 Å². The Morgan fingerprint density at radius 2 is 1.94 bits per heavy atom. The summed E-state index contributed by atoms with van der Waals surface area (Å²) in [7, 11) is 0. The lowest BCUT2D eigenvalue weighted by atomic mass is 9.92. The van der Waals surface area contributed by atoms with Crippen LogP contribution in [0.1, 0.15) is 63.7 Å². The van der Waals surface area contributed by atoms with Crippen molar-refractivity contribution in [1.29, 1.82) is 0 Å². The zero-order valence-electron chi connectivity index (χ0n) is 18.8. The van der Waals surface area contributed by atoms with Crippen LogP contribution >= 0.6 is 0 Å². The van der Waals surface area contributed by atoms with E-state index >= 15 is 0 Å². The van der Waals surface area contributed by atoms with E-state index in [0.717, 1.165) is 48.6 Å². The number of likely N-dealkylation sites (tertiary alicyclic amines) is 1. The molecule has 7 heteroatoms. The number of nitrogens with zero attached hydrogens (tertiary/aromatic N) is 2. The lowest BCUT2D eigenvalue weighted by Crippen LogP contribution is -2.31. The Kier molecular flexibility index (Phi) is 6.85. The van der Waals surface area contributed by atoms with E-state index in [9.17, 15) is 9.59 Å². The van der Waals surface area contributed by atoms with Crippen LogP contribution in [0.15, 0.2) is 47.3 Å². The molecule has 1 unspecified atom stereocenters. The number of amides is 1. The standard InChI is InChI=1S/C25H31N5O2/c1-17-23(18(2)29-28-17)15-26-24(31)22-11-10-21(27-25(22)32)16-30-13-6-9-20(12-14-30)19-7-4-3-5-8-19/h3-5,7-8,10-11,20H,6,9,12-16H2,1-2H3,(H,26,31)(H,27,32)(H,28,29). The molecule has 1 aromatic carbocycles. The third-order valence-corrected chi connectivity index (χ3v) is 6.41. The van der Waals surface area contributed by atoms with E-state index in [-0.39, 0.29) is 17.0 Å². The summed E-state index contributed by atoms with van der Waals surface area (Å²) >= 11 is 0. The normalized spacial score (nSPS) is 17.1. The number of aromatic nitrogens is 3. The summed E-state index contributed by atoms with van der Waals surface area (Å²) in [5.74, 6) is 0.215. The quantitative estimate of drug-likeness (QED) is 0.555. The molecule has 0 spiro atoms. The number of carbonyl (C=O) groups excluding carboxylic acids is 1. The molecule has 4 rings (SSSR count). The van der Waals surface area contributed by atoms with E-state index < -0.39 is 0 Å². The van der Waals surface area contributed by atoms with E-state index in [1.807, 2.05) is 19.9 Å². The van der Waals surface area contributed by atoms with Crippen LogP contribution in [-0.4, -0.2) is 39.1 Å². The van der Waals surface area contributed by atoms with E-state index in [1.54, 1.807) is 6.07 Å². The van der Waals surface area contributed by atoms with Crippen molar-refractivity contribution < 1.29 is 4.79 Å². The number of rotatable bonds is 6. The number of aromatic amines is 2. The third kappa shape index (κ3) is 5.16. The minimum atomic E-state index is -0.377. The molecule has 3 N–H and O–H groups in total. The van der Waals surface area contributed by atoms with Crippen LogP contribution in [0.3, 0.4) is 0 Å². The molecule has 3 heterocycles. The first kappa shape index (κ1) is 22.0. The SMILES string of the molecule is Cc1n[nH]c(C)c1CNC(=O)c1ccc(CN2CCCC(c3ccccc3)CC2)[nH]c1=O. The van der Waals surface area contributed by atoms with Crippen molar-refractivity contribution in [1.82, 2.24) is 25.4 Å². The first-order chi connectivity index (χ1) is 15.5. The van der Waals surface area contributed by atoms with Crippen molar-refractivity contribution in [2.75, 3.05) is 13.1 Å². The molecule has 0 saturated carbocycles. The monoisotopic (exact) mass is 433 g/mol. The predicted molar refractivity (Wildman–Crippen MR) is 125 cm³/mol. The van der Waals surface area contributed by atoms with Gasteiger partial charge in [-0.1, -0.05) is 30.3 Å². The van der Waals surface area contributed by atoms with Crippen molar-refractivity contribution >= 4 is 5.91 Å². The van der Waals surface area contributed by atoms with Gasteiger partial charge in [-0.05, 0) is 69.8 Å². The number of nitrogens with one attached hydrogen (secondary N) is 3. The van der Waals surface area contributed by atoms with Crippen LogP contribution in [0.25, 0.3) is 0 Å². The third-order valence-electron chi connectivity index (χ3n) is 6.41. The number of hydrogen-bond donors (Lipinski definition) is 3. The fraction of sp³-hybridized carbons (Fsp3) is 0.400. The topological polar surface area (TPSA) is 93.9 Å². The van der Waals surface area contributed by atoms with Crippen molar-refractivity contribution in [2.24, 2.45) is 0 Å². The Bertz CT molecular complexity index is 1100. The summed E-state index contributed by atoms with van der Waals surface area (Å²) in [5, 5.41) is 9.86. The maximum absolute atomic E-state index is 12.6. The molecule has 1 aliphatic heterocycles. The number of benzene rings is 1. The second kappa shape index (κ2) is 9.96. The van der Waals surface area contributed by atoms with Gasteiger partial charge in [0.2, 0.25) is 0 Å². The van der Waals surface area contributed by atoms with Crippen LogP contribution < -0.4 is 10.9 Å². The van der Waals surface area contributed by atoms with Crippen LogP contribution in [-0.2, 0) is 13.1 Å². The molecular formula is C25H31N5O2. The Balaban J connectivity index is 1.35. The van der Waals surface area contributed by atoms with Gasteiger partial charge in [-0.2, -0.15) is 5.10 Å². The zero-order chi connectivity index (χ0) is 22.5. The average molecular weight is 434 g/mol. The molecule has 1 saturated heterocycles. The van der Waals surface area contributed by atoms with Crippen molar-refractivity contribution in [2.45, 2.75) is 52.1 Å². The minimum absolute atomic E-state index is 0.132. The average Bonchev–Trinajstić information content (AvgIpc) is 2.97. The Labute approximate surface area is 188 Å². The summed E-state index contributed by atoms with van der Waals surface area (Å²) in [6, 6.07) is 14.2. The van der Waals surface area contributed by atoms with Crippen molar-refractivity contribution in [3.05, 3.63) is 86.6 Å². The second-order valence-electron chi connectivity index (χ2n) is 8.64. The first-order valence-corrected chi connectivity index (χ1v) is 11.3. The summed E-state index contributed by atoms with van der Waals surface area (Å²) in [4.78, 5) is 30.4. The van der Waals surface area contributed by atoms with Crippen molar-refractivity contribution in [3.63, 3.8) is 0 Å². The number of carbonyl (C=O) groups is 1. The lowest BCUT2D eigenvalue weighted by molar-refractivity contribution is 0.0949. The number of aryl methyl sites for hydroxylation is 2. The Morgan fingerprint density at radius 1 is 1.12 bits per heavy atom. The van der Waals surface area contributed by atoms with Crippen LogP contribution in [0, 0.1) is 13.8 Å². The number of pyridine rings is 1. The second-order valence-corrected chi connectivity index (χ2v) is 8.64. The molecule has 1 aliphatic rings. The molecular weight excluding hydrogens is 402 g/mol. The molecule has 32 heavy (non-hydrogen) atoms. The van der Waals surface area contributed by atoms with Gasteiger partial charge in [-0.15, -0.1) is 0 Å². The van der Waals surface area contributed by atoms with E-state index in [0.29, 0.717) is 19.0 Å². The number of hydrogen-bond acceptors (Lipinski definition) is 4. The summed E-state index contributed by atoms with van der Waals surface area (Å²) in [6.45, 7) is 6.83. The fourth-order valence-corrected chi connectivity index (χ4v) is 4.50. The van der Waals surface area contributed by atoms with Gasteiger partial charge in [0.05, 0.1) is 5.69 Å². The molecule has 3 aromatic rings. The van der Waals surface area contributed by atoms with Gasteiger partial charge in [0, 0.05) is 30.0 Å². The number of H-pyrrole nitrogens is 2. The zero-order valence-corrected chi connectivity index (χ0v) is 18.8. The van der Waals surface area contributed by atoms with Gasteiger partial charge < -0.3 is 10.3 Å². The van der Waals surface area contributed by atoms with E-state index in [4.69, 9.17) is 0 Å². The smallest absolute Gasteiger partial charge is 0.261 e. The summed E-state index contributed by atoms with van der Waals surface area (Å²) in [5.41, 5.74) is 4.75.